The number of hydrogen-bond donors (Lipinski definition) is 2. The van der Waals surface area contributed by atoms with Crippen molar-refractivity contribution in [2.75, 3.05) is 18.0 Å². The summed E-state index contributed by atoms with van der Waals surface area (Å²) in [5.41, 5.74) is 0.0889. The maximum Gasteiger partial charge on any atom is 0.416 e. The first kappa shape index (κ1) is 18.8. The molecule has 2 atom stereocenters. The summed E-state index contributed by atoms with van der Waals surface area (Å²) in [6.45, 7) is 5.27. The highest BCUT2D eigenvalue weighted by molar-refractivity contribution is 8.18. The van der Waals surface area contributed by atoms with Crippen LogP contribution in [0.15, 0.2) is 23.1 Å². The first-order valence-electron chi connectivity index (χ1n) is 8.10. The molecule has 2 amide bonds. The number of hydrogen-bond acceptors (Lipinski definition) is 5. The van der Waals surface area contributed by atoms with E-state index >= 15 is 0 Å². The van der Waals surface area contributed by atoms with Gasteiger partial charge >= 0.3 is 6.18 Å². The highest BCUT2D eigenvalue weighted by Gasteiger charge is 2.32. The Morgan fingerprint density at radius 1 is 1.19 bits per heavy atom. The number of nitrogens with zero attached hydrogens (tertiary/aromatic N) is 1. The zero-order valence-electron chi connectivity index (χ0n) is 14.2. The number of nitrogens with one attached hydrogen (secondary N) is 2. The van der Waals surface area contributed by atoms with Gasteiger partial charge in [0, 0.05) is 30.9 Å². The van der Waals surface area contributed by atoms with Gasteiger partial charge in [0.2, 0.25) is 0 Å². The van der Waals surface area contributed by atoms with E-state index in [9.17, 15) is 22.8 Å². The molecule has 1 aromatic rings. The van der Waals surface area contributed by atoms with Crippen LogP contribution in [-0.4, -0.2) is 36.3 Å². The summed E-state index contributed by atoms with van der Waals surface area (Å²) in [6, 6.07) is 3.84. The predicted octanol–water partition coefficient (Wildman–Crippen LogP) is 3.22. The molecule has 0 aliphatic carbocycles. The Balaban J connectivity index is 2.05. The monoisotopic (exact) mass is 385 g/mol. The topological polar surface area (TPSA) is 61.4 Å². The predicted molar refractivity (Wildman–Crippen MR) is 94.8 cm³/mol. The molecule has 0 spiro atoms. The van der Waals surface area contributed by atoms with Crippen LogP contribution >= 0.6 is 11.8 Å². The van der Waals surface area contributed by atoms with Gasteiger partial charge in [0.25, 0.3) is 11.1 Å². The largest absolute Gasteiger partial charge is 0.416 e. The van der Waals surface area contributed by atoms with Gasteiger partial charge in [-0.25, -0.2) is 0 Å². The zero-order valence-corrected chi connectivity index (χ0v) is 15.0. The minimum Gasteiger partial charge on any atom is -0.368 e. The van der Waals surface area contributed by atoms with Crippen LogP contribution < -0.4 is 15.5 Å². The van der Waals surface area contributed by atoms with Crippen LogP contribution in [0.2, 0.25) is 0 Å². The molecule has 9 heteroatoms. The van der Waals surface area contributed by atoms with Gasteiger partial charge in [0.05, 0.1) is 10.5 Å². The third kappa shape index (κ3) is 4.04. The highest BCUT2D eigenvalue weighted by Crippen LogP contribution is 2.36. The Labute approximate surface area is 153 Å². The summed E-state index contributed by atoms with van der Waals surface area (Å²) in [7, 11) is 0. The van der Waals surface area contributed by atoms with Crippen molar-refractivity contribution in [3.05, 3.63) is 34.2 Å². The van der Waals surface area contributed by atoms with Crippen molar-refractivity contribution in [1.29, 1.82) is 0 Å². The van der Waals surface area contributed by atoms with Crippen LogP contribution in [0.25, 0.3) is 6.08 Å². The number of carbonyl (C=O) groups excluding carboxylic acids is 2. The van der Waals surface area contributed by atoms with Crippen LogP contribution in [0.3, 0.4) is 0 Å². The molecule has 2 fully saturated rings. The van der Waals surface area contributed by atoms with Crippen LogP contribution in [0.5, 0.6) is 0 Å². The molecule has 26 heavy (non-hydrogen) atoms. The SMILES string of the molecule is CC1CN(c2ccc(C(F)(F)F)cc2C=C2SC(=O)NC2=O)CC(C)N1. The average molecular weight is 385 g/mol. The molecule has 0 saturated carbocycles. The lowest BCUT2D eigenvalue weighted by Crippen LogP contribution is -2.54. The van der Waals surface area contributed by atoms with Crippen LogP contribution in [0, 0.1) is 0 Å². The molecule has 2 N–H and O–H groups in total. The molecule has 2 aliphatic rings. The fourth-order valence-corrected chi connectivity index (χ4v) is 3.89. The van der Waals surface area contributed by atoms with Gasteiger partial charge in [-0.15, -0.1) is 0 Å². The summed E-state index contributed by atoms with van der Waals surface area (Å²) in [5, 5.41) is 4.96. The highest BCUT2D eigenvalue weighted by atomic mass is 32.2. The molecule has 3 rings (SSSR count). The number of rotatable bonds is 2. The summed E-state index contributed by atoms with van der Waals surface area (Å²) in [4.78, 5) is 25.2. The third-order valence-electron chi connectivity index (χ3n) is 4.18. The molecule has 0 bridgehead atoms. The molecule has 2 unspecified atom stereocenters. The van der Waals surface area contributed by atoms with E-state index in [1.807, 2.05) is 18.7 Å². The molecule has 2 aliphatic heterocycles. The minimum absolute atomic E-state index is 0.0896. The Hall–Kier alpha value is -2.00. The summed E-state index contributed by atoms with van der Waals surface area (Å²) >= 11 is 0.688. The number of halogens is 3. The van der Waals surface area contributed by atoms with E-state index in [-0.39, 0.29) is 22.6 Å². The van der Waals surface area contributed by atoms with Crippen LogP contribution in [0.4, 0.5) is 23.7 Å². The number of amides is 2. The molecule has 0 radical (unpaired) electrons. The lowest BCUT2D eigenvalue weighted by Gasteiger charge is -2.38. The van der Waals surface area contributed by atoms with E-state index in [0.29, 0.717) is 30.5 Å². The van der Waals surface area contributed by atoms with Gasteiger partial charge in [-0.3, -0.25) is 14.9 Å². The molecule has 2 saturated heterocycles. The van der Waals surface area contributed by atoms with Gasteiger partial charge in [-0.2, -0.15) is 13.2 Å². The van der Waals surface area contributed by atoms with Crippen molar-refractivity contribution in [1.82, 2.24) is 10.6 Å². The van der Waals surface area contributed by atoms with E-state index in [2.05, 4.69) is 10.6 Å². The van der Waals surface area contributed by atoms with Gasteiger partial charge < -0.3 is 10.2 Å². The summed E-state index contributed by atoms with van der Waals surface area (Å²) in [6.07, 6.45) is -3.14. The Bertz CT molecular complexity index is 769. The van der Waals surface area contributed by atoms with Crippen LogP contribution in [0.1, 0.15) is 25.0 Å². The standard InChI is InChI=1S/C17H18F3N3O2S/c1-9-7-23(8-10(2)21-9)13-4-3-12(17(18,19)20)5-11(13)6-14-15(24)22-16(25)26-14/h3-6,9-10,21H,7-8H2,1-2H3,(H,22,24,25). The number of alkyl halides is 3. The fraction of sp³-hybridized carbons (Fsp3) is 0.412. The van der Waals surface area contributed by atoms with Gasteiger partial charge in [0.15, 0.2) is 0 Å². The Kier molecular flexibility index (Phi) is 5.03. The van der Waals surface area contributed by atoms with Crippen LogP contribution in [-0.2, 0) is 11.0 Å². The third-order valence-corrected chi connectivity index (χ3v) is 4.99. The van der Waals surface area contributed by atoms with Crippen molar-refractivity contribution in [2.45, 2.75) is 32.1 Å². The van der Waals surface area contributed by atoms with E-state index < -0.39 is 22.9 Å². The number of thioether (sulfide) groups is 1. The lowest BCUT2D eigenvalue weighted by molar-refractivity contribution is -0.137. The number of imide groups is 1. The lowest BCUT2D eigenvalue weighted by atomic mass is 10.0. The fourth-order valence-electron chi connectivity index (χ4n) is 3.22. The molecule has 0 aromatic heterocycles. The Morgan fingerprint density at radius 3 is 2.38 bits per heavy atom. The number of carbonyl (C=O) groups is 2. The first-order chi connectivity index (χ1) is 12.1. The molecular formula is C17H18F3N3O2S. The smallest absolute Gasteiger partial charge is 0.368 e. The second-order valence-corrected chi connectivity index (χ2v) is 7.51. The van der Waals surface area contributed by atoms with Crippen molar-refractivity contribution >= 4 is 34.7 Å². The molecule has 140 valence electrons. The maximum atomic E-state index is 13.1. The molecule has 5 nitrogen and oxygen atoms in total. The number of benzene rings is 1. The quantitative estimate of drug-likeness (QED) is 0.766. The minimum atomic E-state index is -4.49. The summed E-state index contributed by atoms with van der Waals surface area (Å²) < 4.78 is 39.4. The second kappa shape index (κ2) is 6.96. The van der Waals surface area contributed by atoms with Crippen molar-refractivity contribution in [3.8, 4) is 0 Å². The average Bonchev–Trinajstić information content (AvgIpc) is 2.83. The normalized spacial score (nSPS) is 25.7. The van der Waals surface area contributed by atoms with Gasteiger partial charge in [-0.05, 0) is 55.4 Å². The molecular weight excluding hydrogens is 367 g/mol. The second-order valence-electron chi connectivity index (χ2n) is 6.50. The van der Waals surface area contributed by atoms with Crippen molar-refractivity contribution in [2.24, 2.45) is 0 Å². The number of piperazine rings is 1. The van der Waals surface area contributed by atoms with E-state index in [4.69, 9.17) is 0 Å². The first-order valence-corrected chi connectivity index (χ1v) is 8.92. The molecule has 2 heterocycles. The van der Waals surface area contributed by atoms with E-state index in [0.717, 1.165) is 12.1 Å². The maximum absolute atomic E-state index is 13.1. The molecule has 1 aromatic carbocycles. The van der Waals surface area contributed by atoms with Crippen molar-refractivity contribution in [3.63, 3.8) is 0 Å². The van der Waals surface area contributed by atoms with E-state index in [1.54, 1.807) is 0 Å². The number of anilines is 1. The van der Waals surface area contributed by atoms with E-state index in [1.165, 1.54) is 12.1 Å². The van der Waals surface area contributed by atoms with Crippen molar-refractivity contribution < 1.29 is 22.8 Å². The van der Waals surface area contributed by atoms with Gasteiger partial charge in [0.1, 0.15) is 0 Å². The zero-order chi connectivity index (χ0) is 19.1. The summed E-state index contributed by atoms with van der Waals surface area (Å²) in [5.74, 6) is -0.592. The Morgan fingerprint density at radius 2 is 1.85 bits per heavy atom. The van der Waals surface area contributed by atoms with Gasteiger partial charge in [-0.1, -0.05) is 0 Å².